The fourth-order valence-electron chi connectivity index (χ4n) is 1.61. The van der Waals surface area contributed by atoms with Gasteiger partial charge in [-0.1, -0.05) is 12.1 Å². The van der Waals surface area contributed by atoms with Crippen molar-refractivity contribution in [2.45, 2.75) is 6.92 Å². The van der Waals surface area contributed by atoms with Gasteiger partial charge in [0.05, 0.1) is 11.3 Å². The van der Waals surface area contributed by atoms with Gasteiger partial charge in [-0.25, -0.2) is 4.79 Å². The van der Waals surface area contributed by atoms with Crippen molar-refractivity contribution in [3.05, 3.63) is 53.7 Å². The van der Waals surface area contributed by atoms with Crippen molar-refractivity contribution >= 4 is 5.97 Å². The lowest BCUT2D eigenvalue weighted by Crippen LogP contribution is -1.97. The number of aryl methyl sites for hydroxylation is 1. The standard InChI is InChI=1S/C13H11NO2/c1-9-8-10(13(15)16)5-6-11(9)12-4-2-3-7-14-12/h2-8H,1H3,(H,15,16). The number of aromatic nitrogens is 1. The van der Waals surface area contributed by atoms with Crippen LogP contribution in [0.15, 0.2) is 42.6 Å². The van der Waals surface area contributed by atoms with Crippen molar-refractivity contribution < 1.29 is 9.90 Å². The van der Waals surface area contributed by atoms with Crippen LogP contribution in [0.4, 0.5) is 0 Å². The first-order valence-electron chi connectivity index (χ1n) is 4.94. The SMILES string of the molecule is Cc1cc(C(=O)O)ccc1-c1ccccn1. The van der Waals surface area contributed by atoms with Crippen molar-refractivity contribution in [1.82, 2.24) is 4.98 Å². The Kier molecular flexibility index (Phi) is 2.68. The first-order valence-corrected chi connectivity index (χ1v) is 4.94. The van der Waals surface area contributed by atoms with Crippen LogP contribution in [0.25, 0.3) is 11.3 Å². The Hall–Kier alpha value is -2.16. The summed E-state index contributed by atoms with van der Waals surface area (Å²) >= 11 is 0. The molecule has 0 aliphatic heterocycles. The predicted octanol–water partition coefficient (Wildman–Crippen LogP) is 2.76. The molecule has 0 saturated heterocycles. The fraction of sp³-hybridized carbons (Fsp3) is 0.0769. The van der Waals surface area contributed by atoms with Crippen molar-refractivity contribution in [3.63, 3.8) is 0 Å². The first-order chi connectivity index (χ1) is 7.68. The van der Waals surface area contributed by atoms with Crippen LogP contribution in [0.2, 0.25) is 0 Å². The molecule has 0 atom stereocenters. The van der Waals surface area contributed by atoms with Crippen LogP contribution >= 0.6 is 0 Å². The highest BCUT2D eigenvalue weighted by atomic mass is 16.4. The second kappa shape index (κ2) is 4.14. The summed E-state index contributed by atoms with van der Waals surface area (Å²) in [6.45, 7) is 1.89. The topological polar surface area (TPSA) is 50.2 Å². The number of rotatable bonds is 2. The van der Waals surface area contributed by atoms with E-state index in [0.29, 0.717) is 5.56 Å². The molecule has 0 radical (unpaired) electrons. The van der Waals surface area contributed by atoms with Gasteiger partial charge in [0.25, 0.3) is 0 Å². The third-order valence-electron chi connectivity index (χ3n) is 2.41. The second-order valence-corrected chi connectivity index (χ2v) is 3.55. The van der Waals surface area contributed by atoms with Crippen molar-refractivity contribution in [1.29, 1.82) is 0 Å². The van der Waals surface area contributed by atoms with E-state index in [0.717, 1.165) is 16.8 Å². The summed E-state index contributed by atoms with van der Waals surface area (Å²) in [7, 11) is 0. The molecule has 0 aliphatic carbocycles. The van der Waals surface area contributed by atoms with E-state index in [1.807, 2.05) is 25.1 Å². The lowest BCUT2D eigenvalue weighted by atomic mass is 10.0. The molecule has 1 heterocycles. The molecule has 2 rings (SSSR count). The zero-order valence-electron chi connectivity index (χ0n) is 8.84. The van der Waals surface area contributed by atoms with E-state index in [1.54, 1.807) is 24.4 Å². The van der Waals surface area contributed by atoms with Gasteiger partial charge < -0.3 is 5.11 Å². The van der Waals surface area contributed by atoms with Gasteiger partial charge in [0.2, 0.25) is 0 Å². The number of aromatic carboxylic acids is 1. The van der Waals surface area contributed by atoms with Gasteiger partial charge in [0.1, 0.15) is 0 Å². The fourth-order valence-corrected chi connectivity index (χ4v) is 1.61. The first kappa shape index (κ1) is 10.4. The average molecular weight is 213 g/mol. The number of nitrogens with zero attached hydrogens (tertiary/aromatic N) is 1. The maximum Gasteiger partial charge on any atom is 0.335 e. The number of carboxylic acid groups (broad SMARTS) is 1. The Morgan fingerprint density at radius 3 is 2.62 bits per heavy atom. The smallest absolute Gasteiger partial charge is 0.335 e. The third kappa shape index (κ3) is 1.93. The van der Waals surface area contributed by atoms with E-state index >= 15 is 0 Å². The predicted molar refractivity (Wildman–Crippen MR) is 61.4 cm³/mol. The van der Waals surface area contributed by atoms with Gasteiger partial charge in [-0.3, -0.25) is 4.98 Å². The number of carboxylic acids is 1. The largest absolute Gasteiger partial charge is 0.478 e. The molecule has 1 aromatic carbocycles. The monoisotopic (exact) mass is 213 g/mol. The molecule has 0 fully saturated rings. The summed E-state index contributed by atoms with van der Waals surface area (Å²) in [5, 5.41) is 8.86. The molecule has 3 heteroatoms. The van der Waals surface area contributed by atoms with Crippen LogP contribution in [-0.2, 0) is 0 Å². The lowest BCUT2D eigenvalue weighted by Gasteiger charge is -2.05. The molecule has 0 amide bonds. The van der Waals surface area contributed by atoms with E-state index in [1.165, 1.54) is 0 Å². The van der Waals surface area contributed by atoms with E-state index in [-0.39, 0.29) is 0 Å². The number of benzene rings is 1. The molecule has 0 saturated carbocycles. The van der Waals surface area contributed by atoms with Crippen LogP contribution in [-0.4, -0.2) is 16.1 Å². The molecule has 0 bridgehead atoms. The highest BCUT2D eigenvalue weighted by Gasteiger charge is 2.07. The van der Waals surface area contributed by atoms with E-state index in [4.69, 9.17) is 5.11 Å². The molecule has 0 aliphatic rings. The summed E-state index contributed by atoms with van der Waals surface area (Å²) in [4.78, 5) is 15.0. The summed E-state index contributed by atoms with van der Waals surface area (Å²) in [5.74, 6) is -0.907. The molecule has 3 nitrogen and oxygen atoms in total. The van der Waals surface area contributed by atoms with Gasteiger partial charge in [-0.15, -0.1) is 0 Å². The number of pyridine rings is 1. The minimum absolute atomic E-state index is 0.303. The van der Waals surface area contributed by atoms with Gasteiger partial charge in [0, 0.05) is 11.8 Å². The Bertz CT molecular complexity index is 521. The molecule has 0 spiro atoms. The summed E-state index contributed by atoms with van der Waals surface area (Å²) < 4.78 is 0. The zero-order chi connectivity index (χ0) is 11.5. The van der Waals surface area contributed by atoms with E-state index < -0.39 is 5.97 Å². The molecule has 80 valence electrons. The Balaban J connectivity index is 2.48. The zero-order valence-corrected chi connectivity index (χ0v) is 8.84. The Morgan fingerprint density at radius 2 is 2.06 bits per heavy atom. The van der Waals surface area contributed by atoms with Gasteiger partial charge in [-0.2, -0.15) is 0 Å². The molecular weight excluding hydrogens is 202 g/mol. The number of hydrogen-bond donors (Lipinski definition) is 1. The Morgan fingerprint density at radius 1 is 1.25 bits per heavy atom. The molecule has 1 N–H and O–H groups in total. The maximum atomic E-state index is 10.8. The highest BCUT2D eigenvalue weighted by Crippen LogP contribution is 2.21. The molecule has 1 aromatic heterocycles. The highest BCUT2D eigenvalue weighted by molar-refractivity contribution is 5.88. The van der Waals surface area contributed by atoms with Crippen molar-refractivity contribution in [2.75, 3.05) is 0 Å². The Labute approximate surface area is 93.4 Å². The van der Waals surface area contributed by atoms with Crippen LogP contribution in [0.3, 0.4) is 0 Å². The third-order valence-corrected chi connectivity index (χ3v) is 2.41. The normalized spacial score (nSPS) is 10.1. The van der Waals surface area contributed by atoms with E-state index in [2.05, 4.69) is 4.98 Å². The minimum atomic E-state index is -0.907. The number of hydrogen-bond acceptors (Lipinski definition) is 2. The molecule has 0 unspecified atom stereocenters. The van der Waals surface area contributed by atoms with Crippen LogP contribution in [0.5, 0.6) is 0 Å². The minimum Gasteiger partial charge on any atom is -0.478 e. The van der Waals surface area contributed by atoms with Crippen molar-refractivity contribution in [2.24, 2.45) is 0 Å². The van der Waals surface area contributed by atoms with Gasteiger partial charge >= 0.3 is 5.97 Å². The van der Waals surface area contributed by atoms with Crippen molar-refractivity contribution in [3.8, 4) is 11.3 Å². The lowest BCUT2D eigenvalue weighted by molar-refractivity contribution is 0.0697. The average Bonchev–Trinajstić information content (AvgIpc) is 2.30. The van der Waals surface area contributed by atoms with Gasteiger partial charge in [0.15, 0.2) is 0 Å². The molecule has 16 heavy (non-hydrogen) atoms. The van der Waals surface area contributed by atoms with Gasteiger partial charge in [-0.05, 0) is 36.8 Å². The summed E-state index contributed by atoms with van der Waals surface area (Å²) in [5.41, 5.74) is 3.04. The van der Waals surface area contributed by atoms with E-state index in [9.17, 15) is 4.79 Å². The number of carbonyl (C=O) groups is 1. The second-order valence-electron chi connectivity index (χ2n) is 3.55. The quantitative estimate of drug-likeness (QED) is 0.834. The van der Waals surface area contributed by atoms with Crippen LogP contribution in [0, 0.1) is 6.92 Å². The van der Waals surface area contributed by atoms with Crippen LogP contribution in [0.1, 0.15) is 15.9 Å². The molecule has 2 aromatic rings. The molecular formula is C13H11NO2. The maximum absolute atomic E-state index is 10.8. The van der Waals surface area contributed by atoms with Crippen LogP contribution < -0.4 is 0 Å². The summed E-state index contributed by atoms with van der Waals surface area (Å²) in [6.07, 6.45) is 1.72. The summed E-state index contributed by atoms with van der Waals surface area (Å²) in [6, 6.07) is 10.7.